The second kappa shape index (κ2) is 5.38. The fraction of sp³-hybridized carbons (Fsp3) is 0.889. The van der Waals surface area contributed by atoms with E-state index in [2.05, 4.69) is 10.3 Å². The van der Waals surface area contributed by atoms with Crippen molar-refractivity contribution in [2.24, 2.45) is 16.6 Å². The van der Waals surface area contributed by atoms with Crippen molar-refractivity contribution >= 4 is 5.96 Å². The molecule has 16 heavy (non-hydrogen) atoms. The molecule has 0 amide bonds. The second-order valence-corrected chi connectivity index (χ2v) is 3.99. The zero-order valence-electron chi connectivity index (χ0n) is 9.22. The van der Waals surface area contributed by atoms with Crippen molar-refractivity contribution in [1.29, 1.82) is 0 Å². The molecule has 0 saturated carbocycles. The molecule has 94 valence electrons. The zero-order valence-corrected chi connectivity index (χ0v) is 9.22. The van der Waals surface area contributed by atoms with Crippen LogP contribution < -0.4 is 11.1 Å². The standard InChI is InChI=1S/C9H17F3N4/c1-14-8(13)15-4-7-2-3-16(5-7)6-9(10,11)12/h7H,2-6H2,1H3,(H3,13,14,15)/t7-/m1/s1. The number of guanidine groups is 1. The van der Waals surface area contributed by atoms with E-state index in [1.54, 1.807) is 7.05 Å². The molecule has 4 nitrogen and oxygen atoms in total. The highest BCUT2D eigenvalue weighted by Gasteiger charge is 2.34. The van der Waals surface area contributed by atoms with Crippen LogP contribution in [0.2, 0.25) is 0 Å². The molecular formula is C9H17F3N4. The van der Waals surface area contributed by atoms with Gasteiger partial charge in [0.1, 0.15) is 0 Å². The van der Waals surface area contributed by atoms with Gasteiger partial charge in [0.2, 0.25) is 0 Å². The minimum atomic E-state index is -4.10. The highest BCUT2D eigenvalue weighted by atomic mass is 19.4. The van der Waals surface area contributed by atoms with Gasteiger partial charge in [0, 0.05) is 20.1 Å². The summed E-state index contributed by atoms with van der Waals surface area (Å²) in [4.78, 5) is 5.14. The van der Waals surface area contributed by atoms with Gasteiger partial charge in [-0.3, -0.25) is 9.89 Å². The summed E-state index contributed by atoms with van der Waals surface area (Å²) in [7, 11) is 1.56. The molecule has 0 bridgehead atoms. The lowest BCUT2D eigenvalue weighted by molar-refractivity contribution is -0.143. The fourth-order valence-electron chi connectivity index (χ4n) is 1.80. The Hall–Kier alpha value is -0.980. The van der Waals surface area contributed by atoms with Gasteiger partial charge in [0.05, 0.1) is 6.54 Å². The molecule has 0 aromatic rings. The van der Waals surface area contributed by atoms with Crippen LogP contribution in [-0.2, 0) is 0 Å². The molecule has 0 radical (unpaired) electrons. The Bertz CT molecular complexity index is 252. The number of aliphatic imine (C=N–C) groups is 1. The average Bonchev–Trinajstić information content (AvgIpc) is 2.59. The minimum Gasteiger partial charge on any atom is -0.370 e. The van der Waals surface area contributed by atoms with Gasteiger partial charge in [-0.15, -0.1) is 0 Å². The Morgan fingerprint density at radius 3 is 2.81 bits per heavy atom. The highest BCUT2D eigenvalue weighted by Crippen LogP contribution is 2.22. The minimum absolute atomic E-state index is 0.211. The summed E-state index contributed by atoms with van der Waals surface area (Å²) in [5, 5.41) is 2.88. The molecule has 0 spiro atoms. The fourth-order valence-corrected chi connectivity index (χ4v) is 1.80. The molecule has 1 atom stereocenters. The second-order valence-electron chi connectivity index (χ2n) is 3.99. The van der Waals surface area contributed by atoms with Crippen molar-refractivity contribution in [2.45, 2.75) is 12.6 Å². The lowest BCUT2D eigenvalue weighted by Crippen LogP contribution is -2.37. The smallest absolute Gasteiger partial charge is 0.370 e. The Morgan fingerprint density at radius 2 is 2.25 bits per heavy atom. The maximum atomic E-state index is 12.1. The van der Waals surface area contributed by atoms with E-state index in [-0.39, 0.29) is 5.92 Å². The van der Waals surface area contributed by atoms with Gasteiger partial charge >= 0.3 is 6.18 Å². The molecule has 0 aliphatic carbocycles. The number of alkyl halides is 3. The summed E-state index contributed by atoms with van der Waals surface area (Å²) in [5.41, 5.74) is 5.43. The first-order valence-corrected chi connectivity index (χ1v) is 5.16. The number of hydrogen-bond acceptors (Lipinski definition) is 2. The predicted molar refractivity (Wildman–Crippen MR) is 56.2 cm³/mol. The Labute approximate surface area is 92.7 Å². The SMILES string of the molecule is CN=C(N)NC[C@H]1CCN(CC(F)(F)F)C1. The van der Waals surface area contributed by atoms with Crippen LogP contribution >= 0.6 is 0 Å². The molecule has 0 aromatic carbocycles. The van der Waals surface area contributed by atoms with E-state index >= 15 is 0 Å². The normalized spacial score (nSPS) is 23.8. The van der Waals surface area contributed by atoms with Crippen LogP contribution in [0.4, 0.5) is 13.2 Å². The molecular weight excluding hydrogens is 221 g/mol. The first kappa shape index (κ1) is 13.1. The van der Waals surface area contributed by atoms with Gasteiger partial charge in [0.25, 0.3) is 0 Å². The first-order valence-electron chi connectivity index (χ1n) is 5.16. The van der Waals surface area contributed by atoms with Crippen molar-refractivity contribution < 1.29 is 13.2 Å². The van der Waals surface area contributed by atoms with Crippen molar-refractivity contribution in [2.75, 3.05) is 33.2 Å². The van der Waals surface area contributed by atoms with E-state index in [0.717, 1.165) is 6.42 Å². The molecule has 1 aliphatic heterocycles. The average molecular weight is 238 g/mol. The van der Waals surface area contributed by atoms with Crippen LogP contribution in [0.25, 0.3) is 0 Å². The van der Waals surface area contributed by atoms with Crippen LogP contribution in [0, 0.1) is 5.92 Å². The number of rotatable bonds is 3. The van der Waals surface area contributed by atoms with E-state index in [9.17, 15) is 13.2 Å². The number of hydrogen-bond donors (Lipinski definition) is 2. The van der Waals surface area contributed by atoms with Gasteiger partial charge in [-0.2, -0.15) is 13.2 Å². The third-order valence-electron chi connectivity index (χ3n) is 2.59. The van der Waals surface area contributed by atoms with E-state index < -0.39 is 12.7 Å². The van der Waals surface area contributed by atoms with E-state index in [0.29, 0.717) is 25.6 Å². The molecule has 3 N–H and O–H groups in total. The maximum Gasteiger partial charge on any atom is 0.401 e. The highest BCUT2D eigenvalue weighted by molar-refractivity contribution is 5.77. The first-order chi connectivity index (χ1) is 7.40. The number of likely N-dealkylation sites (tertiary alicyclic amines) is 1. The molecule has 0 aromatic heterocycles. The molecule has 1 fully saturated rings. The van der Waals surface area contributed by atoms with Gasteiger partial charge < -0.3 is 11.1 Å². The van der Waals surface area contributed by atoms with Gasteiger partial charge in [0.15, 0.2) is 5.96 Å². The lowest BCUT2D eigenvalue weighted by Gasteiger charge is -2.18. The van der Waals surface area contributed by atoms with E-state index in [1.165, 1.54) is 4.90 Å². The van der Waals surface area contributed by atoms with E-state index in [1.807, 2.05) is 0 Å². The Kier molecular flexibility index (Phi) is 4.40. The van der Waals surface area contributed by atoms with Crippen LogP contribution in [0.3, 0.4) is 0 Å². The maximum absolute atomic E-state index is 12.1. The lowest BCUT2D eigenvalue weighted by atomic mass is 10.1. The monoisotopic (exact) mass is 238 g/mol. The Balaban J connectivity index is 2.25. The van der Waals surface area contributed by atoms with Crippen molar-refractivity contribution in [3.05, 3.63) is 0 Å². The van der Waals surface area contributed by atoms with Crippen LogP contribution in [-0.4, -0.2) is 50.3 Å². The van der Waals surface area contributed by atoms with Crippen molar-refractivity contribution in [1.82, 2.24) is 10.2 Å². The van der Waals surface area contributed by atoms with E-state index in [4.69, 9.17) is 5.73 Å². The quantitative estimate of drug-likeness (QED) is 0.553. The van der Waals surface area contributed by atoms with Crippen LogP contribution in [0.5, 0.6) is 0 Å². The third-order valence-corrected chi connectivity index (χ3v) is 2.59. The zero-order chi connectivity index (χ0) is 12.2. The third kappa shape index (κ3) is 4.69. The molecule has 1 aliphatic rings. The summed E-state index contributed by atoms with van der Waals surface area (Å²) in [6.07, 6.45) is -3.34. The van der Waals surface area contributed by atoms with Gasteiger partial charge in [-0.05, 0) is 18.9 Å². The largest absolute Gasteiger partial charge is 0.401 e. The van der Waals surface area contributed by atoms with Crippen molar-refractivity contribution in [3.63, 3.8) is 0 Å². The molecule has 0 unspecified atom stereocenters. The molecule has 1 saturated heterocycles. The van der Waals surface area contributed by atoms with Crippen LogP contribution in [0.1, 0.15) is 6.42 Å². The summed E-state index contributed by atoms with van der Waals surface area (Å²) < 4.78 is 36.3. The summed E-state index contributed by atoms with van der Waals surface area (Å²) in [5.74, 6) is 0.539. The van der Waals surface area contributed by atoms with Crippen LogP contribution in [0.15, 0.2) is 4.99 Å². The van der Waals surface area contributed by atoms with Gasteiger partial charge in [-0.25, -0.2) is 0 Å². The number of nitrogens with zero attached hydrogens (tertiary/aromatic N) is 2. The Morgan fingerprint density at radius 1 is 1.56 bits per heavy atom. The van der Waals surface area contributed by atoms with Crippen molar-refractivity contribution in [3.8, 4) is 0 Å². The molecule has 1 heterocycles. The number of nitrogens with one attached hydrogen (secondary N) is 1. The molecule has 7 heteroatoms. The summed E-state index contributed by atoms with van der Waals surface area (Å²) in [6, 6.07) is 0. The molecule has 1 rings (SSSR count). The topological polar surface area (TPSA) is 53.6 Å². The predicted octanol–water partition coefficient (Wildman–Crippen LogP) is 0.405. The number of nitrogens with two attached hydrogens (primary N) is 1. The summed E-state index contributed by atoms with van der Waals surface area (Å²) in [6.45, 7) is 0.719. The number of halogens is 3. The summed E-state index contributed by atoms with van der Waals surface area (Å²) >= 11 is 0. The van der Waals surface area contributed by atoms with Gasteiger partial charge in [-0.1, -0.05) is 0 Å².